The number of carbonyl (C=O) groups is 2. The van der Waals surface area contributed by atoms with Crippen molar-refractivity contribution in [2.45, 2.75) is 46.0 Å². The van der Waals surface area contributed by atoms with E-state index in [-0.39, 0.29) is 11.8 Å². The van der Waals surface area contributed by atoms with E-state index >= 15 is 0 Å². The van der Waals surface area contributed by atoms with Crippen LogP contribution in [0, 0.1) is 11.8 Å². The average Bonchev–Trinajstić information content (AvgIpc) is 2.15. The Bertz CT molecular complexity index is 180. The molecule has 0 heterocycles. The van der Waals surface area contributed by atoms with Crippen LogP contribution in [0.15, 0.2) is 0 Å². The smallest absolute Gasteiger partial charge is 0.267 e. The van der Waals surface area contributed by atoms with Gasteiger partial charge in [-0.3, -0.25) is 4.79 Å². The second-order valence-electron chi connectivity index (χ2n) is 3.74. The van der Waals surface area contributed by atoms with Gasteiger partial charge in [-0.05, 0) is 19.3 Å². The number of aldehydes is 1. The third-order valence-corrected chi connectivity index (χ3v) is 2.43. The zero-order valence-corrected chi connectivity index (χ0v) is 9.03. The Morgan fingerprint density at radius 1 is 1.29 bits per heavy atom. The van der Waals surface area contributed by atoms with Gasteiger partial charge in [-0.2, -0.15) is 0 Å². The van der Waals surface area contributed by atoms with Gasteiger partial charge in [0.25, 0.3) is 5.91 Å². The van der Waals surface area contributed by atoms with Crippen LogP contribution in [0.2, 0.25) is 0 Å². The van der Waals surface area contributed by atoms with Gasteiger partial charge in [-0.1, -0.05) is 26.7 Å². The molecule has 2 unspecified atom stereocenters. The first-order valence-corrected chi connectivity index (χ1v) is 5.33. The molecule has 0 fully saturated rings. The Morgan fingerprint density at radius 2 is 1.86 bits per heavy atom. The highest BCUT2D eigenvalue weighted by Crippen LogP contribution is 2.19. The van der Waals surface area contributed by atoms with Crippen LogP contribution in [0.5, 0.6) is 0 Å². The van der Waals surface area contributed by atoms with Crippen molar-refractivity contribution >= 4 is 12.2 Å². The zero-order chi connectivity index (χ0) is 11.0. The number of amides is 1. The van der Waals surface area contributed by atoms with E-state index in [1.807, 2.05) is 13.8 Å². The van der Waals surface area contributed by atoms with Crippen molar-refractivity contribution in [3.8, 4) is 0 Å². The molecule has 0 spiro atoms. The number of carbonyl (C=O) groups excluding carboxylic acids is 2. The van der Waals surface area contributed by atoms with Crippen molar-refractivity contribution in [3.63, 3.8) is 0 Å². The van der Waals surface area contributed by atoms with Crippen molar-refractivity contribution in [3.05, 3.63) is 0 Å². The molecule has 0 rings (SSSR count). The van der Waals surface area contributed by atoms with Crippen LogP contribution in [-0.2, 0) is 9.59 Å². The molecule has 80 valence electrons. The molecule has 2 atom stereocenters. The minimum absolute atomic E-state index is 0.0763. The molecule has 0 saturated heterocycles. The Morgan fingerprint density at radius 3 is 2.21 bits per heavy atom. The van der Waals surface area contributed by atoms with Gasteiger partial charge >= 0.3 is 0 Å². The lowest BCUT2D eigenvalue weighted by Gasteiger charge is -2.14. The van der Waals surface area contributed by atoms with E-state index in [1.54, 1.807) is 0 Å². The minimum atomic E-state index is -0.769. The van der Waals surface area contributed by atoms with Gasteiger partial charge in [0.05, 0.1) is 0 Å². The maximum atomic E-state index is 10.8. The predicted octanol–water partition coefficient (Wildman–Crippen LogP) is 2.00. The lowest BCUT2D eigenvalue weighted by atomic mass is 9.89. The molecule has 0 aliphatic carbocycles. The van der Waals surface area contributed by atoms with Gasteiger partial charge in [0.15, 0.2) is 0 Å². The van der Waals surface area contributed by atoms with Crippen molar-refractivity contribution in [2.24, 2.45) is 11.8 Å². The average molecular weight is 197 g/mol. The molecule has 0 saturated carbocycles. The summed E-state index contributed by atoms with van der Waals surface area (Å²) in [6, 6.07) is 0. The van der Waals surface area contributed by atoms with E-state index in [1.165, 1.54) is 0 Å². The molecular formula is C11H19NO2. The Balaban J connectivity index is 4.10. The lowest BCUT2D eigenvalue weighted by Crippen LogP contribution is -2.19. The van der Waals surface area contributed by atoms with Crippen molar-refractivity contribution in [1.82, 2.24) is 5.73 Å². The van der Waals surface area contributed by atoms with Crippen LogP contribution in [0.1, 0.15) is 46.0 Å². The first-order chi connectivity index (χ1) is 6.65. The van der Waals surface area contributed by atoms with Crippen LogP contribution >= 0.6 is 0 Å². The number of hydrogen-bond donors (Lipinski definition) is 0. The lowest BCUT2D eigenvalue weighted by molar-refractivity contribution is -0.123. The third-order valence-electron chi connectivity index (χ3n) is 2.43. The monoisotopic (exact) mass is 197 g/mol. The Kier molecular flexibility index (Phi) is 7.07. The maximum Gasteiger partial charge on any atom is 0.267 e. The fourth-order valence-corrected chi connectivity index (χ4v) is 1.67. The molecule has 0 N–H and O–H groups in total. The fourth-order valence-electron chi connectivity index (χ4n) is 1.67. The highest BCUT2D eigenvalue weighted by molar-refractivity contribution is 5.76. The molecule has 0 aromatic rings. The van der Waals surface area contributed by atoms with Gasteiger partial charge in [-0.15, -0.1) is 5.73 Å². The molecule has 0 aliphatic heterocycles. The predicted molar refractivity (Wildman–Crippen MR) is 54.6 cm³/mol. The highest BCUT2D eigenvalue weighted by atomic mass is 16.1. The second kappa shape index (κ2) is 7.54. The number of nitrogens with zero attached hydrogens (tertiary/aromatic N) is 1. The molecule has 0 bridgehead atoms. The summed E-state index contributed by atoms with van der Waals surface area (Å²) in [7, 11) is 0. The minimum Gasteiger partial charge on any atom is -0.303 e. The summed E-state index contributed by atoms with van der Waals surface area (Å²) >= 11 is 0. The quantitative estimate of drug-likeness (QED) is 0.559. The number of hydrogen-bond acceptors (Lipinski definition) is 2. The molecule has 1 amide bonds. The van der Waals surface area contributed by atoms with Crippen LogP contribution in [0.4, 0.5) is 0 Å². The van der Waals surface area contributed by atoms with E-state index in [2.05, 4.69) is 0 Å². The van der Waals surface area contributed by atoms with Crippen molar-refractivity contribution < 1.29 is 9.59 Å². The van der Waals surface area contributed by atoms with Crippen molar-refractivity contribution in [2.75, 3.05) is 0 Å². The van der Waals surface area contributed by atoms with Gasteiger partial charge in [0.2, 0.25) is 0 Å². The van der Waals surface area contributed by atoms with Crippen LogP contribution in [0.25, 0.3) is 0 Å². The molecule has 0 aliphatic rings. The summed E-state index contributed by atoms with van der Waals surface area (Å²) in [6.45, 7) is 3.97. The first kappa shape index (κ1) is 13.1. The maximum absolute atomic E-state index is 10.8. The van der Waals surface area contributed by atoms with E-state index < -0.39 is 5.91 Å². The molecule has 0 aromatic carbocycles. The van der Waals surface area contributed by atoms with Gasteiger partial charge < -0.3 is 4.79 Å². The third kappa shape index (κ3) is 5.00. The molecule has 2 radical (unpaired) electrons. The van der Waals surface area contributed by atoms with E-state index in [4.69, 9.17) is 5.73 Å². The summed E-state index contributed by atoms with van der Waals surface area (Å²) in [4.78, 5) is 21.5. The van der Waals surface area contributed by atoms with E-state index in [9.17, 15) is 9.59 Å². The molecule has 3 heteroatoms. The number of rotatable bonds is 8. The Labute approximate surface area is 86.1 Å². The highest BCUT2D eigenvalue weighted by Gasteiger charge is 2.20. The van der Waals surface area contributed by atoms with Crippen LogP contribution in [0.3, 0.4) is 0 Å². The van der Waals surface area contributed by atoms with E-state index in [0.29, 0.717) is 12.8 Å². The molecule has 14 heavy (non-hydrogen) atoms. The van der Waals surface area contributed by atoms with Crippen molar-refractivity contribution in [1.29, 1.82) is 0 Å². The molecule has 0 aromatic heterocycles. The first-order valence-electron chi connectivity index (χ1n) is 5.33. The van der Waals surface area contributed by atoms with Crippen LogP contribution in [-0.4, -0.2) is 12.2 Å². The van der Waals surface area contributed by atoms with Crippen LogP contribution < -0.4 is 5.73 Å². The van der Waals surface area contributed by atoms with Gasteiger partial charge in [-0.25, -0.2) is 0 Å². The SMILES string of the molecule is CCCC(C=O)CC(CCC)C([N])=O. The standard InChI is InChI=1S/C11H19NO2/c1-3-5-9(8-13)7-10(6-4-2)11(12)14/h8-10H,3-7H2,1-2H3. The normalized spacial score (nSPS) is 14.7. The van der Waals surface area contributed by atoms with Gasteiger partial charge in [0.1, 0.15) is 6.29 Å². The summed E-state index contributed by atoms with van der Waals surface area (Å²) in [5.74, 6) is -1.19. The fraction of sp³-hybridized carbons (Fsp3) is 0.818. The van der Waals surface area contributed by atoms with Gasteiger partial charge in [0, 0.05) is 11.8 Å². The van der Waals surface area contributed by atoms with E-state index in [0.717, 1.165) is 25.5 Å². The zero-order valence-electron chi connectivity index (χ0n) is 9.03. The largest absolute Gasteiger partial charge is 0.303 e. The summed E-state index contributed by atoms with van der Waals surface area (Å²) in [5.41, 5.74) is 8.90. The second-order valence-corrected chi connectivity index (χ2v) is 3.74. The summed E-state index contributed by atoms with van der Waals surface area (Å²) < 4.78 is 0. The summed E-state index contributed by atoms with van der Waals surface area (Å²) in [6.07, 6.45) is 4.66. The molecule has 3 nitrogen and oxygen atoms in total. The molecular weight excluding hydrogens is 178 g/mol. The topological polar surface area (TPSA) is 56.4 Å². The summed E-state index contributed by atoms with van der Waals surface area (Å²) in [5, 5.41) is 0. The Hall–Kier alpha value is -0.860.